The first kappa shape index (κ1) is 23.4. The van der Waals surface area contributed by atoms with Gasteiger partial charge in [-0.3, -0.25) is 4.90 Å². The lowest BCUT2D eigenvalue weighted by Gasteiger charge is -2.42. The molecule has 5 rings (SSSR count). The quantitative estimate of drug-likeness (QED) is 0.485. The summed E-state index contributed by atoms with van der Waals surface area (Å²) in [6, 6.07) is 25.1. The van der Waals surface area contributed by atoms with Gasteiger partial charge in [-0.05, 0) is 84.7 Å². The maximum Gasteiger partial charge on any atom is 0.335 e. The van der Waals surface area contributed by atoms with Gasteiger partial charge in [0.25, 0.3) is 0 Å². The van der Waals surface area contributed by atoms with Crippen molar-refractivity contribution in [1.29, 1.82) is 0 Å². The Hall–Kier alpha value is -3.31. The van der Waals surface area contributed by atoms with E-state index in [1.54, 1.807) is 19.2 Å². The van der Waals surface area contributed by atoms with E-state index in [2.05, 4.69) is 58.3 Å². The Morgan fingerprint density at radius 3 is 1.89 bits per heavy atom. The molecule has 0 bridgehead atoms. The van der Waals surface area contributed by atoms with Gasteiger partial charge in [-0.25, -0.2) is 4.79 Å². The van der Waals surface area contributed by atoms with Gasteiger partial charge in [0.1, 0.15) is 5.75 Å². The van der Waals surface area contributed by atoms with Crippen LogP contribution in [0.4, 0.5) is 5.69 Å². The van der Waals surface area contributed by atoms with E-state index in [1.807, 2.05) is 12.1 Å². The molecule has 0 atom stereocenters. The van der Waals surface area contributed by atoms with Crippen molar-refractivity contribution >= 4 is 11.7 Å². The van der Waals surface area contributed by atoms with Crippen LogP contribution in [0.3, 0.4) is 0 Å². The summed E-state index contributed by atoms with van der Waals surface area (Å²) >= 11 is 0. The van der Waals surface area contributed by atoms with Crippen molar-refractivity contribution in [1.82, 2.24) is 4.90 Å². The van der Waals surface area contributed by atoms with E-state index in [0.717, 1.165) is 43.1 Å². The molecular formula is C30H34N2O3. The lowest BCUT2D eigenvalue weighted by Crippen LogP contribution is -2.51. The Kier molecular flexibility index (Phi) is 7.05. The Balaban J connectivity index is 1.12. The molecule has 3 aromatic carbocycles. The van der Waals surface area contributed by atoms with Crippen LogP contribution < -0.4 is 9.64 Å². The van der Waals surface area contributed by atoms with E-state index in [0.29, 0.717) is 17.5 Å². The number of carbonyl (C=O) groups is 1. The number of hydrogen-bond donors (Lipinski definition) is 1. The Morgan fingerprint density at radius 1 is 0.771 bits per heavy atom. The number of ether oxygens (including phenoxy) is 1. The number of carboxylic acid groups (broad SMARTS) is 1. The SMILES string of the molecule is COc1ccc(C2CCC(N3CCN(c4ccc(-c5ccc(C(=O)O)cc5)cc4)CC3)CC2)cc1. The number of nitrogens with zero attached hydrogens (tertiary/aromatic N) is 2. The molecule has 1 saturated carbocycles. The minimum atomic E-state index is -0.892. The molecule has 1 aliphatic carbocycles. The van der Waals surface area contributed by atoms with Gasteiger partial charge in [-0.1, -0.05) is 36.4 Å². The molecule has 182 valence electrons. The van der Waals surface area contributed by atoms with E-state index in [-0.39, 0.29) is 0 Å². The van der Waals surface area contributed by atoms with Crippen LogP contribution in [0.5, 0.6) is 5.75 Å². The third-order valence-corrected chi connectivity index (χ3v) is 7.81. The van der Waals surface area contributed by atoms with Crippen LogP contribution in [0, 0.1) is 0 Å². The van der Waals surface area contributed by atoms with Crippen LogP contribution in [0.2, 0.25) is 0 Å². The minimum absolute atomic E-state index is 0.317. The normalized spacial score (nSPS) is 21.0. The Labute approximate surface area is 208 Å². The average Bonchev–Trinajstić information content (AvgIpc) is 2.93. The highest BCUT2D eigenvalue weighted by molar-refractivity contribution is 5.88. The Bertz CT molecular complexity index is 1110. The third kappa shape index (κ3) is 5.35. The maximum absolute atomic E-state index is 11.1. The molecule has 0 radical (unpaired) electrons. The first-order valence-corrected chi connectivity index (χ1v) is 12.7. The first-order valence-electron chi connectivity index (χ1n) is 12.7. The monoisotopic (exact) mass is 470 g/mol. The highest BCUT2D eigenvalue weighted by Gasteiger charge is 2.29. The van der Waals surface area contributed by atoms with Gasteiger partial charge >= 0.3 is 5.97 Å². The number of rotatable bonds is 6. The number of aromatic carboxylic acids is 1. The highest BCUT2D eigenvalue weighted by atomic mass is 16.5. The average molecular weight is 471 g/mol. The summed E-state index contributed by atoms with van der Waals surface area (Å²) in [5, 5.41) is 9.09. The largest absolute Gasteiger partial charge is 0.497 e. The molecule has 3 aromatic rings. The second kappa shape index (κ2) is 10.5. The van der Waals surface area contributed by atoms with Gasteiger partial charge in [-0.15, -0.1) is 0 Å². The van der Waals surface area contributed by atoms with Crippen LogP contribution in [-0.4, -0.2) is 55.3 Å². The van der Waals surface area contributed by atoms with Crippen molar-refractivity contribution in [2.75, 3.05) is 38.2 Å². The van der Waals surface area contributed by atoms with Gasteiger partial charge in [0, 0.05) is 37.9 Å². The summed E-state index contributed by atoms with van der Waals surface area (Å²) in [4.78, 5) is 16.3. The summed E-state index contributed by atoms with van der Waals surface area (Å²) < 4.78 is 5.30. The molecular weight excluding hydrogens is 436 g/mol. The van der Waals surface area contributed by atoms with Crippen molar-refractivity contribution in [3.8, 4) is 16.9 Å². The fourth-order valence-electron chi connectivity index (χ4n) is 5.67. The standard InChI is InChI=1S/C30H34N2O3/c1-35-29-16-10-25(11-17-29)24-8-14-28(15-9-24)32-20-18-31(19-21-32)27-12-6-23(7-13-27)22-2-4-26(5-3-22)30(33)34/h2-7,10-13,16-17,24,28H,8-9,14-15,18-21H2,1H3,(H,33,34). The highest BCUT2D eigenvalue weighted by Crippen LogP contribution is 2.36. The molecule has 1 saturated heterocycles. The van der Waals surface area contributed by atoms with Crippen molar-refractivity contribution in [3.63, 3.8) is 0 Å². The molecule has 1 heterocycles. The molecule has 0 unspecified atom stereocenters. The summed E-state index contributed by atoms with van der Waals surface area (Å²) in [5.74, 6) is 0.720. The van der Waals surface area contributed by atoms with E-state index in [9.17, 15) is 4.79 Å². The van der Waals surface area contributed by atoms with Crippen LogP contribution in [-0.2, 0) is 0 Å². The smallest absolute Gasteiger partial charge is 0.335 e. The van der Waals surface area contributed by atoms with Crippen LogP contribution in [0.1, 0.15) is 47.5 Å². The van der Waals surface area contributed by atoms with Gasteiger partial charge < -0.3 is 14.7 Å². The second-order valence-electron chi connectivity index (χ2n) is 9.73. The van der Waals surface area contributed by atoms with Crippen LogP contribution in [0.15, 0.2) is 72.8 Å². The van der Waals surface area contributed by atoms with Gasteiger partial charge in [0.05, 0.1) is 12.7 Å². The number of benzene rings is 3. The predicted molar refractivity (Wildman–Crippen MR) is 141 cm³/mol. The van der Waals surface area contributed by atoms with E-state index in [1.165, 1.54) is 36.9 Å². The first-order chi connectivity index (χ1) is 17.1. The van der Waals surface area contributed by atoms with Crippen LogP contribution in [0.25, 0.3) is 11.1 Å². The lowest BCUT2D eigenvalue weighted by molar-refractivity contribution is 0.0697. The summed E-state index contributed by atoms with van der Waals surface area (Å²) in [5.41, 5.74) is 5.18. The minimum Gasteiger partial charge on any atom is -0.497 e. The molecule has 2 fully saturated rings. The second-order valence-corrected chi connectivity index (χ2v) is 9.73. The molecule has 0 amide bonds. The fourth-order valence-corrected chi connectivity index (χ4v) is 5.67. The van der Waals surface area contributed by atoms with Crippen molar-refractivity contribution in [2.45, 2.75) is 37.6 Å². The molecule has 1 N–H and O–H groups in total. The molecule has 5 nitrogen and oxygen atoms in total. The van der Waals surface area contributed by atoms with Gasteiger partial charge in [0.15, 0.2) is 0 Å². The van der Waals surface area contributed by atoms with Crippen LogP contribution >= 0.6 is 0 Å². The zero-order valence-corrected chi connectivity index (χ0v) is 20.4. The van der Waals surface area contributed by atoms with E-state index in [4.69, 9.17) is 9.84 Å². The lowest BCUT2D eigenvalue weighted by atomic mass is 9.81. The Morgan fingerprint density at radius 2 is 1.34 bits per heavy atom. The summed E-state index contributed by atoms with van der Waals surface area (Å²) in [6.45, 7) is 4.36. The van der Waals surface area contributed by atoms with Crippen molar-refractivity contribution in [2.24, 2.45) is 0 Å². The molecule has 1 aliphatic heterocycles. The fraction of sp³-hybridized carbons (Fsp3) is 0.367. The summed E-state index contributed by atoms with van der Waals surface area (Å²) in [7, 11) is 1.72. The number of anilines is 1. The number of hydrogen-bond acceptors (Lipinski definition) is 4. The zero-order chi connectivity index (χ0) is 24.2. The van der Waals surface area contributed by atoms with E-state index >= 15 is 0 Å². The number of piperazine rings is 1. The number of carboxylic acids is 1. The van der Waals surface area contributed by atoms with Crippen molar-refractivity contribution < 1.29 is 14.6 Å². The van der Waals surface area contributed by atoms with Gasteiger partial charge in [-0.2, -0.15) is 0 Å². The summed E-state index contributed by atoms with van der Waals surface area (Å²) in [6.07, 6.45) is 5.11. The van der Waals surface area contributed by atoms with Crippen molar-refractivity contribution in [3.05, 3.63) is 83.9 Å². The predicted octanol–water partition coefficient (Wildman–Crippen LogP) is 5.91. The third-order valence-electron chi connectivity index (χ3n) is 7.81. The molecule has 35 heavy (non-hydrogen) atoms. The number of methoxy groups -OCH3 is 1. The molecule has 5 heteroatoms. The molecule has 2 aliphatic rings. The zero-order valence-electron chi connectivity index (χ0n) is 20.4. The van der Waals surface area contributed by atoms with E-state index < -0.39 is 5.97 Å². The maximum atomic E-state index is 11.1. The molecule has 0 aromatic heterocycles. The topological polar surface area (TPSA) is 53.0 Å². The van der Waals surface area contributed by atoms with Gasteiger partial charge in [0.2, 0.25) is 0 Å². The molecule has 0 spiro atoms.